The number of halogens is 1. The molecule has 1 fully saturated rings. The van der Waals surface area contributed by atoms with E-state index in [9.17, 15) is 4.39 Å². The van der Waals surface area contributed by atoms with E-state index < -0.39 is 0 Å². The van der Waals surface area contributed by atoms with Crippen LogP contribution < -0.4 is 0 Å². The van der Waals surface area contributed by atoms with Gasteiger partial charge in [0.1, 0.15) is 5.82 Å². The number of hydrogen-bond acceptors (Lipinski definition) is 0. The summed E-state index contributed by atoms with van der Waals surface area (Å²) in [5.41, 5.74) is 3.81. The maximum atomic E-state index is 14.0. The Kier molecular flexibility index (Phi) is 2.94. The summed E-state index contributed by atoms with van der Waals surface area (Å²) >= 11 is 0. The molecular formula is C16H21F. The fourth-order valence-electron chi connectivity index (χ4n) is 3.21. The Hall–Kier alpha value is -0.850. The molecule has 0 bridgehead atoms. The van der Waals surface area contributed by atoms with Gasteiger partial charge in [-0.2, -0.15) is 0 Å². The SMILES string of the molecule is C[C@H]1CCCc2c1ccc(F)c2CCC1CC1. The molecule has 3 rings (SSSR count). The second-order valence-electron chi connectivity index (χ2n) is 5.87. The van der Waals surface area contributed by atoms with E-state index in [-0.39, 0.29) is 5.82 Å². The molecule has 0 aliphatic heterocycles. The van der Waals surface area contributed by atoms with Crippen LogP contribution in [-0.2, 0) is 12.8 Å². The zero-order valence-corrected chi connectivity index (χ0v) is 10.6. The highest BCUT2D eigenvalue weighted by Crippen LogP contribution is 2.37. The maximum absolute atomic E-state index is 14.0. The summed E-state index contributed by atoms with van der Waals surface area (Å²) in [7, 11) is 0. The highest BCUT2D eigenvalue weighted by Gasteiger charge is 2.24. The van der Waals surface area contributed by atoms with Crippen LogP contribution in [0.2, 0.25) is 0 Å². The summed E-state index contributed by atoms with van der Waals surface area (Å²) in [6.45, 7) is 2.28. The molecule has 1 atom stereocenters. The minimum atomic E-state index is 0.0403. The Balaban J connectivity index is 1.90. The fraction of sp³-hybridized carbons (Fsp3) is 0.625. The van der Waals surface area contributed by atoms with Gasteiger partial charge in [-0.25, -0.2) is 4.39 Å². The number of hydrogen-bond donors (Lipinski definition) is 0. The molecule has 1 saturated carbocycles. The van der Waals surface area contributed by atoms with Crippen molar-refractivity contribution in [2.75, 3.05) is 0 Å². The molecule has 0 aromatic heterocycles. The first-order valence-corrected chi connectivity index (χ1v) is 7.06. The lowest BCUT2D eigenvalue weighted by atomic mass is 9.80. The quantitative estimate of drug-likeness (QED) is 0.714. The van der Waals surface area contributed by atoms with Crippen LogP contribution in [0.4, 0.5) is 4.39 Å². The van der Waals surface area contributed by atoms with Crippen LogP contribution in [0.5, 0.6) is 0 Å². The molecule has 0 N–H and O–H groups in total. The standard InChI is InChI=1S/C16H21F/c1-11-3-2-4-14-13(11)9-10-16(17)15(14)8-7-12-5-6-12/h9-12H,2-8H2,1H3/t11-/m0/s1. The van der Waals surface area contributed by atoms with Gasteiger partial charge in [0.05, 0.1) is 0 Å². The molecule has 0 radical (unpaired) electrons. The zero-order valence-electron chi connectivity index (χ0n) is 10.6. The third-order valence-electron chi connectivity index (χ3n) is 4.50. The molecule has 1 heteroatoms. The Morgan fingerprint density at radius 1 is 1.24 bits per heavy atom. The monoisotopic (exact) mass is 232 g/mol. The van der Waals surface area contributed by atoms with Crippen LogP contribution in [0.1, 0.15) is 61.6 Å². The molecule has 0 amide bonds. The van der Waals surface area contributed by atoms with Gasteiger partial charge in [0.15, 0.2) is 0 Å². The van der Waals surface area contributed by atoms with Crippen molar-refractivity contribution in [3.05, 3.63) is 34.6 Å². The molecule has 17 heavy (non-hydrogen) atoms. The summed E-state index contributed by atoms with van der Waals surface area (Å²) in [5, 5.41) is 0. The van der Waals surface area contributed by atoms with E-state index in [2.05, 4.69) is 6.92 Å². The predicted octanol–water partition coefficient (Wildman–Crippen LogP) is 4.61. The second-order valence-corrected chi connectivity index (χ2v) is 5.87. The molecule has 2 aliphatic carbocycles. The lowest BCUT2D eigenvalue weighted by Crippen LogP contribution is -2.11. The Morgan fingerprint density at radius 3 is 2.82 bits per heavy atom. The highest BCUT2D eigenvalue weighted by atomic mass is 19.1. The van der Waals surface area contributed by atoms with Crippen LogP contribution in [0.15, 0.2) is 12.1 Å². The summed E-state index contributed by atoms with van der Waals surface area (Å²) in [4.78, 5) is 0. The van der Waals surface area contributed by atoms with Gasteiger partial charge in [-0.05, 0) is 66.7 Å². The third kappa shape index (κ3) is 2.25. The maximum Gasteiger partial charge on any atom is 0.126 e. The van der Waals surface area contributed by atoms with E-state index in [1.165, 1.54) is 43.2 Å². The van der Waals surface area contributed by atoms with E-state index >= 15 is 0 Å². The van der Waals surface area contributed by atoms with Crippen molar-refractivity contribution in [3.63, 3.8) is 0 Å². The van der Waals surface area contributed by atoms with Gasteiger partial charge in [0.25, 0.3) is 0 Å². The summed E-state index contributed by atoms with van der Waals surface area (Å²) in [6, 6.07) is 3.72. The number of fused-ring (bicyclic) bond motifs is 1. The van der Waals surface area contributed by atoms with Gasteiger partial charge in [-0.15, -0.1) is 0 Å². The largest absolute Gasteiger partial charge is 0.207 e. The lowest BCUT2D eigenvalue weighted by Gasteiger charge is -2.25. The van der Waals surface area contributed by atoms with E-state index in [1.807, 2.05) is 6.07 Å². The first-order valence-electron chi connectivity index (χ1n) is 7.06. The van der Waals surface area contributed by atoms with E-state index in [4.69, 9.17) is 0 Å². The molecule has 2 aliphatic rings. The van der Waals surface area contributed by atoms with Crippen molar-refractivity contribution in [2.24, 2.45) is 5.92 Å². The molecule has 1 aromatic rings. The van der Waals surface area contributed by atoms with E-state index in [0.717, 1.165) is 24.3 Å². The average molecular weight is 232 g/mol. The van der Waals surface area contributed by atoms with Gasteiger partial charge in [-0.3, -0.25) is 0 Å². The van der Waals surface area contributed by atoms with Crippen LogP contribution >= 0.6 is 0 Å². The molecule has 92 valence electrons. The van der Waals surface area contributed by atoms with Crippen molar-refractivity contribution < 1.29 is 4.39 Å². The first-order chi connectivity index (χ1) is 8.25. The minimum Gasteiger partial charge on any atom is -0.207 e. The van der Waals surface area contributed by atoms with Crippen molar-refractivity contribution in [2.45, 2.75) is 57.8 Å². The van der Waals surface area contributed by atoms with Crippen LogP contribution in [0.25, 0.3) is 0 Å². The van der Waals surface area contributed by atoms with Gasteiger partial charge < -0.3 is 0 Å². The lowest BCUT2D eigenvalue weighted by molar-refractivity contribution is 0.555. The smallest absolute Gasteiger partial charge is 0.126 e. The Bertz CT molecular complexity index is 418. The highest BCUT2D eigenvalue weighted by molar-refractivity contribution is 5.40. The zero-order chi connectivity index (χ0) is 11.8. The van der Waals surface area contributed by atoms with E-state index in [1.54, 1.807) is 6.07 Å². The van der Waals surface area contributed by atoms with Crippen LogP contribution in [0, 0.1) is 11.7 Å². The molecule has 1 aromatic carbocycles. The molecular weight excluding hydrogens is 211 g/mol. The molecule has 0 heterocycles. The molecule has 0 unspecified atom stereocenters. The Morgan fingerprint density at radius 2 is 2.06 bits per heavy atom. The van der Waals surface area contributed by atoms with Crippen molar-refractivity contribution in [1.82, 2.24) is 0 Å². The van der Waals surface area contributed by atoms with E-state index in [0.29, 0.717) is 5.92 Å². The topological polar surface area (TPSA) is 0 Å². The van der Waals surface area contributed by atoms with Crippen molar-refractivity contribution in [3.8, 4) is 0 Å². The predicted molar refractivity (Wildman–Crippen MR) is 68.8 cm³/mol. The second kappa shape index (κ2) is 4.44. The number of benzene rings is 1. The van der Waals surface area contributed by atoms with Gasteiger partial charge in [-0.1, -0.05) is 25.8 Å². The van der Waals surface area contributed by atoms with Crippen LogP contribution in [-0.4, -0.2) is 0 Å². The van der Waals surface area contributed by atoms with Crippen molar-refractivity contribution in [1.29, 1.82) is 0 Å². The summed E-state index contributed by atoms with van der Waals surface area (Å²) in [5.74, 6) is 1.56. The number of rotatable bonds is 3. The van der Waals surface area contributed by atoms with Gasteiger partial charge >= 0.3 is 0 Å². The first kappa shape index (κ1) is 11.3. The summed E-state index contributed by atoms with van der Waals surface area (Å²) < 4.78 is 14.0. The van der Waals surface area contributed by atoms with Crippen molar-refractivity contribution >= 4 is 0 Å². The molecule has 0 nitrogen and oxygen atoms in total. The average Bonchev–Trinajstić information content (AvgIpc) is 3.12. The normalized spacial score (nSPS) is 23.5. The third-order valence-corrected chi connectivity index (χ3v) is 4.50. The fourth-order valence-corrected chi connectivity index (χ4v) is 3.21. The Labute approximate surface area is 103 Å². The van der Waals surface area contributed by atoms with Gasteiger partial charge in [0.2, 0.25) is 0 Å². The minimum absolute atomic E-state index is 0.0403. The molecule has 0 spiro atoms. The molecule has 0 saturated heterocycles. The summed E-state index contributed by atoms with van der Waals surface area (Å²) in [6.07, 6.45) is 8.49. The van der Waals surface area contributed by atoms with Gasteiger partial charge in [0, 0.05) is 0 Å². The van der Waals surface area contributed by atoms with Crippen LogP contribution in [0.3, 0.4) is 0 Å².